The van der Waals surface area contributed by atoms with Crippen molar-refractivity contribution in [3.63, 3.8) is 0 Å². The van der Waals surface area contributed by atoms with Gasteiger partial charge in [-0.2, -0.15) is 13.2 Å². The molecule has 0 heterocycles. The standard InChI is InChI=1S/C11H10ClF3O2/c1-6(17-2)10(16)8-4-3-7(12)5-9(8)11(13,14)15/h3-6H,1-2H3. The van der Waals surface area contributed by atoms with Crippen molar-refractivity contribution < 1.29 is 22.7 Å². The van der Waals surface area contributed by atoms with Crippen LogP contribution in [0.25, 0.3) is 0 Å². The van der Waals surface area contributed by atoms with E-state index in [9.17, 15) is 18.0 Å². The molecular weight excluding hydrogens is 257 g/mol. The Morgan fingerprint density at radius 3 is 2.47 bits per heavy atom. The Morgan fingerprint density at radius 2 is 2.00 bits per heavy atom. The highest BCUT2D eigenvalue weighted by molar-refractivity contribution is 6.30. The maximum Gasteiger partial charge on any atom is 0.417 e. The SMILES string of the molecule is COC(C)C(=O)c1ccc(Cl)cc1C(F)(F)F. The number of rotatable bonds is 3. The van der Waals surface area contributed by atoms with Crippen molar-refractivity contribution >= 4 is 17.4 Å². The summed E-state index contributed by atoms with van der Waals surface area (Å²) in [5, 5.41) is -0.0704. The Kier molecular flexibility index (Phi) is 4.16. The predicted octanol–water partition coefficient (Wildman–Crippen LogP) is 3.58. The predicted molar refractivity (Wildman–Crippen MR) is 57.3 cm³/mol. The van der Waals surface area contributed by atoms with Crippen LogP contribution < -0.4 is 0 Å². The molecule has 0 fully saturated rings. The Bertz CT molecular complexity index is 429. The van der Waals surface area contributed by atoms with Gasteiger partial charge in [-0.15, -0.1) is 0 Å². The summed E-state index contributed by atoms with van der Waals surface area (Å²) in [5.74, 6) is -0.725. The average molecular weight is 267 g/mol. The number of alkyl halides is 3. The first-order valence-corrected chi connectivity index (χ1v) is 5.09. The number of benzene rings is 1. The summed E-state index contributed by atoms with van der Waals surface area (Å²) in [6.45, 7) is 1.39. The van der Waals surface area contributed by atoms with Gasteiger partial charge in [0, 0.05) is 17.7 Å². The summed E-state index contributed by atoms with van der Waals surface area (Å²) in [7, 11) is 1.26. The van der Waals surface area contributed by atoms with Crippen molar-refractivity contribution in [1.82, 2.24) is 0 Å². The average Bonchev–Trinajstić information content (AvgIpc) is 2.25. The molecule has 0 bridgehead atoms. The van der Waals surface area contributed by atoms with Crippen LogP contribution in [0.2, 0.25) is 5.02 Å². The van der Waals surface area contributed by atoms with Gasteiger partial charge in [0.1, 0.15) is 6.10 Å². The van der Waals surface area contributed by atoms with Crippen LogP contribution in [0.5, 0.6) is 0 Å². The topological polar surface area (TPSA) is 26.3 Å². The maximum atomic E-state index is 12.7. The molecule has 1 aromatic carbocycles. The molecule has 0 saturated heterocycles. The monoisotopic (exact) mass is 266 g/mol. The van der Waals surface area contributed by atoms with E-state index in [1.807, 2.05) is 0 Å². The molecule has 0 saturated carbocycles. The van der Waals surface area contributed by atoms with Crippen LogP contribution in [0.1, 0.15) is 22.8 Å². The zero-order valence-electron chi connectivity index (χ0n) is 9.14. The molecule has 0 amide bonds. The zero-order valence-corrected chi connectivity index (χ0v) is 9.89. The van der Waals surface area contributed by atoms with E-state index in [0.717, 1.165) is 12.1 Å². The van der Waals surface area contributed by atoms with Crippen molar-refractivity contribution in [3.05, 3.63) is 34.3 Å². The van der Waals surface area contributed by atoms with Crippen molar-refractivity contribution in [2.75, 3.05) is 7.11 Å². The lowest BCUT2D eigenvalue weighted by Crippen LogP contribution is -2.23. The van der Waals surface area contributed by atoms with E-state index < -0.39 is 29.2 Å². The number of hydrogen-bond donors (Lipinski definition) is 0. The number of hydrogen-bond acceptors (Lipinski definition) is 2. The van der Waals surface area contributed by atoms with Crippen molar-refractivity contribution in [1.29, 1.82) is 0 Å². The molecular formula is C11H10ClF3O2. The minimum absolute atomic E-state index is 0.0704. The molecule has 1 aromatic rings. The van der Waals surface area contributed by atoms with Gasteiger partial charge >= 0.3 is 6.18 Å². The molecule has 6 heteroatoms. The van der Waals surface area contributed by atoms with Gasteiger partial charge in [-0.3, -0.25) is 4.79 Å². The number of ketones is 1. The Morgan fingerprint density at radius 1 is 1.41 bits per heavy atom. The number of carbonyl (C=O) groups excluding carboxylic acids is 1. The highest BCUT2D eigenvalue weighted by atomic mass is 35.5. The number of carbonyl (C=O) groups is 1. The Hall–Kier alpha value is -1.07. The molecule has 94 valence electrons. The molecule has 0 aliphatic carbocycles. The molecule has 0 aliphatic heterocycles. The normalized spacial score (nSPS) is 13.5. The lowest BCUT2D eigenvalue weighted by atomic mass is 10.0. The van der Waals surface area contributed by atoms with Gasteiger partial charge in [0.2, 0.25) is 0 Å². The summed E-state index contributed by atoms with van der Waals surface area (Å²) in [4.78, 5) is 11.7. The van der Waals surface area contributed by atoms with Crippen LogP contribution >= 0.6 is 11.6 Å². The number of ether oxygens (including phenoxy) is 1. The second-order valence-corrected chi connectivity index (χ2v) is 3.87. The highest BCUT2D eigenvalue weighted by Crippen LogP contribution is 2.34. The van der Waals surface area contributed by atoms with Crippen molar-refractivity contribution in [3.8, 4) is 0 Å². The van der Waals surface area contributed by atoms with Crippen LogP contribution in [-0.4, -0.2) is 19.0 Å². The molecule has 0 radical (unpaired) electrons. The summed E-state index contributed by atoms with van der Waals surface area (Å²) < 4.78 is 42.8. The molecule has 1 atom stereocenters. The Labute approximate surface area is 101 Å². The minimum Gasteiger partial charge on any atom is -0.374 e. The van der Waals surface area contributed by atoms with Crippen LogP contribution in [0.3, 0.4) is 0 Å². The number of Topliss-reactive ketones (excluding diaryl/α,β-unsaturated/α-hetero) is 1. The van der Waals surface area contributed by atoms with Crippen molar-refractivity contribution in [2.24, 2.45) is 0 Å². The summed E-state index contributed by atoms with van der Waals surface area (Å²) in [5.41, 5.74) is -1.48. The third-order valence-electron chi connectivity index (χ3n) is 2.28. The van der Waals surface area contributed by atoms with Crippen LogP contribution in [0.4, 0.5) is 13.2 Å². The van der Waals surface area contributed by atoms with Gasteiger partial charge in [-0.25, -0.2) is 0 Å². The molecule has 0 N–H and O–H groups in total. The zero-order chi connectivity index (χ0) is 13.2. The van der Waals surface area contributed by atoms with Crippen LogP contribution in [0.15, 0.2) is 18.2 Å². The third-order valence-corrected chi connectivity index (χ3v) is 2.51. The molecule has 0 aromatic heterocycles. The first-order chi connectivity index (χ1) is 7.77. The lowest BCUT2D eigenvalue weighted by Gasteiger charge is -2.15. The fraction of sp³-hybridized carbons (Fsp3) is 0.364. The molecule has 1 rings (SSSR count). The van der Waals surface area contributed by atoms with E-state index in [2.05, 4.69) is 0 Å². The third kappa shape index (κ3) is 3.20. The second kappa shape index (κ2) is 5.06. The molecule has 0 spiro atoms. The first-order valence-electron chi connectivity index (χ1n) is 4.71. The number of halogens is 4. The highest BCUT2D eigenvalue weighted by Gasteiger charge is 2.36. The van der Waals surface area contributed by atoms with Gasteiger partial charge in [0.15, 0.2) is 5.78 Å². The number of methoxy groups -OCH3 is 1. The van der Waals surface area contributed by atoms with Gasteiger partial charge in [-0.05, 0) is 25.1 Å². The van der Waals surface area contributed by atoms with E-state index >= 15 is 0 Å². The molecule has 0 aliphatic rings. The second-order valence-electron chi connectivity index (χ2n) is 3.43. The smallest absolute Gasteiger partial charge is 0.374 e. The fourth-order valence-electron chi connectivity index (χ4n) is 1.29. The van der Waals surface area contributed by atoms with E-state index in [4.69, 9.17) is 16.3 Å². The molecule has 17 heavy (non-hydrogen) atoms. The first kappa shape index (κ1) is 14.0. The maximum absolute atomic E-state index is 12.7. The van der Waals surface area contributed by atoms with E-state index in [-0.39, 0.29) is 5.02 Å². The van der Waals surface area contributed by atoms with Gasteiger partial charge < -0.3 is 4.74 Å². The summed E-state index contributed by atoms with van der Waals surface area (Å²) >= 11 is 5.50. The largest absolute Gasteiger partial charge is 0.417 e. The van der Waals surface area contributed by atoms with Gasteiger partial charge in [-0.1, -0.05) is 11.6 Å². The van der Waals surface area contributed by atoms with E-state index in [0.29, 0.717) is 0 Å². The van der Waals surface area contributed by atoms with Crippen molar-refractivity contribution in [2.45, 2.75) is 19.2 Å². The molecule has 2 nitrogen and oxygen atoms in total. The summed E-state index contributed by atoms with van der Waals surface area (Å²) in [6.07, 6.45) is -5.55. The van der Waals surface area contributed by atoms with Crippen LogP contribution in [0, 0.1) is 0 Å². The van der Waals surface area contributed by atoms with Gasteiger partial charge in [0.25, 0.3) is 0 Å². The fourth-order valence-corrected chi connectivity index (χ4v) is 1.46. The summed E-state index contributed by atoms with van der Waals surface area (Å²) in [6, 6.07) is 3.03. The van der Waals surface area contributed by atoms with Crippen LogP contribution in [-0.2, 0) is 10.9 Å². The quantitative estimate of drug-likeness (QED) is 0.782. The lowest BCUT2D eigenvalue weighted by molar-refractivity contribution is -0.138. The Balaban J connectivity index is 3.29. The van der Waals surface area contributed by atoms with E-state index in [1.54, 1.807) is 0 Å². The van der Waals surface area contributed by atoms with E-state index in [1.165, 1.54) is 20.1 Å². The minimum atomic E-state index is -4.62. The van der Waals surface area contributed by atoms with Gasteiger partial charge in [0.05, 0.1) is 5.56 Å². The molecule has 1 unspecified atom stereocenters.